The van der Waals surface area contributed by atoms with Gasteiger partial charge >= 0.3 is 5.97 Å². The number of carbonyl (C=O) groups excluding carboxylic acids is 3. The standard InChI is InChI=1S/C21H16N4O5S/c1-29-11-7-8-14-16(9-11)31-21(24-14)25-19(27)18(26)17(20(28)30-2)15-10-22-12-5-3-4-6-13(12)23-15/h3-10,17H,1-2H3,(H,24,25,27)/t17-/m1/s1. The van der Waals surface area contributed by atoms with Crippen molar-refractivity contribution in [2.45, 2.75) is 5.92 Å². The van der Waals surface area contributed by atoms with Crippen molar-refractivity contribution in [2.75, 3.05) is 19.5 Å². The van der Waals surface area contributed by atoms with Crippen LogP contribution in [-0.4, -0.2) is 46.8 Å². The highest BCUT2D eigenvalue weighted by Crippen LogP contribution is 2.29. The molecule has 0 aliphatic carbocycles. The predicted octanol–water partition coefficient (Wildman–Crippen LogP) is 2.71. The molecule has 9 nitrogen and oxygen atoms in total. The lowest BCUT2D eigenvalue weighted by Crippen LogP contribution is -2.33. The van der Waals surface area contributed by atoms with Crippen molar-refractivity contribution < 1.29 is 23.9 Å². The van der Waals surface area contributed by atoms with E-state index in [9.17, 15) is 14.4 Å². The van der Waals surface area contributed by atoms with Crippen molar-refractivity contribution in [3.8, 4) is 5.75 Å². The van der Waals surface area contributed by atoms with Crippen LogP contribution in [0.25, 0.3) is 21.3 Å². The van der Waals surface area contributed by atoms with E-state index in [4.69, 9.17) is 9.47 Å². The molecule has 0 aliphatic heterocycles. The minimum atomic E-state index is -1.54. The number of para-hydroxylation sites is 2. The summed E-state index contributed by atoms with van der Waals surface area (Å²) in [5, 5.41) is 2.67. The Morgan fingerprint density at radius 1 is 1.00 bits per heavy atom. The maximum Gasteiger partial charge on any atom is 0.323 e. The zero-order valence-electron chi connectivity index (χ0n) is 16.5. The molecule has 31 heavy (non-hydrogen) atoms. The average Bonchev–Trinajstić information content (AvgIpc) is 3.20. The molecule has 2 heterocycles. The number of methoxy groups -OCH3 is 2. The number of nitrogens with zero attached hydrogens (tertiary/aromatic N) is 3. The van der Waals surface area contributed by atoms with Crippen LogP contribution in [0.2, 0.25) is 0 Å². The lowest BCUT2D eigenvalue weighted by Gasteiger charge is -2.12. The number of esters is 1. The number of hydrogen-bond acceptors (Lipinski definition) is 9. The molecule has 1 atom stereocenters. The van der Waals surface area contributed by atoms with Crippen LogP contribution in [0, 0.1) is 0 Å². The van der Waals surface area contributed by atoms with E-state index in [1.807, 2.05) is 0 Å². The number of aromatic nitrogens is 3. The van der Waals surface area contributed by atoms with E-state index in [2.05, 4.69) is 20.3 Å². The maximum atomic E-state index is 12.9. The van der Waals surface area contributed by atoms with Gasteiger partial charge in [-0.3, -0.25) is 24.7 Å². The van der Waals surface area contributed by atoms with Gasteiger partial charge < -0.3 is 9.47 Å². The predicted molar refractivity (Wildman–Crippen MR) is 114 cm³/mol. The molecule has 1 amide bonds. The van der Waals surface area contributed by atoms with E-state index < -0.39 is 23.6 Å². The minimum absolute atomic E-state index is 0.0275. The molecule has 0 radical (unpaired) electrons. The Kier molecular flexibility index (Phi) is 5.54. The number of Topliss-reactive ketones (excluding diaryl/α,β-unsaturated/α-hetero) is 1. The SMILES string of the molecule is COC(=O)[C@@H](C(=O)C(=O)Nc1nc2ccc(OC)cc2s1)c1cnc2ccccc2n1. The zero-order chi connectivity index (χ0) is 22.0. The third-order valence-electron chi connectivity index (χ3n) is 4.50. The highest BCUT2D eigenvalue weighted by molar-refractivity contribution is 7.22. The summed E-state index contributed by atoms with van der Waals surface area (Å²) >= 11 is 1.18. The van der Waals surface area contributed by atoms with Crippen molar-refractivity contribution in [1.82, 2.24) is 15.0 Å². The summed E-state index contributed by atoms with van der Waals surface area (Å²) in [6.07, 6.45) is 1.29. The van der Waals surface area contributed by atoms with Crippen molar-refractivity contribution in [3.63, 3.8) is 0 Å². The summed E-state index contributed by atoms with van der Waals surface area (Å²) in [5.41, 5.74) is 1.75. The third kappa shape index (κ3) is 4.05. The fraction of sp³-hybridized carbons (Fsp3) is 0.143. The smallest absolute Gasteiger partial charge is 0.323 e. The molecule has 0 saturated heterocycles. The van der Waals surface area contributed by atoms with Crippen LogP contribution < -0.4 is 10.1 Å². The van der Waals surface area contributed by atoms with Gasteiger partial charge in [0, 0.05) is 0 Å². The highest BCUT2D eigenvalue weighted by atomic mass is 32.1. The molecule has 4 rings (SSSR count). The van der Waals surface area contributed by atoms with Crippen LogP contribution >= 0.6 is 11.3 Å². The van der Waals surface area contributed by atoms with E-state index in [0.717, 1.165) is 11.8 Å². The number of hydrogen-bond donors (Lipinski definition) is 1. The highest BCUT2D eigenvalue weighted by Gasteiger charge is 2.36. The normalized spacial score (nSPS) is 11.8. The minimum Gasteiger partial charge on any atom is -0.497 e. The second-order valence-corrected chi connectivity index (χ2v) is 7.44. The van der Waals surface area contributed by atoms with Gasteiger partial charge in [-0.2, -0.15) is 0 Å². The van der Waals surface area contributed by atoms with Crippen molar-refractivity contribution in [3.05, 3.63) is 54.4 Å². The topological polar surface area (TPSA) is 120 Å². The van der Waals surface area contributed by atoms with Crippen LogP contribution in [0.3, 0.4) is 0 Å². The van der Waals surface area contributed by atoms with Crippen LogP contribution in [0.1, 0.15) is 11.6 Å². The van der Waals surface area contributed by atoms with Gasteiger partial charge in [0.2, 0.25) is 5.78 Å². The van der Waals surface area contributed by atoms with E-state index in [1.165, 1.54) is 17.5 Å². The number of nitrogens with one attached hydrogen (secondary N) is 1. The molecule has 0 fully saturated rings. The summed E-state index contributed by atoms with van der Waals surface area (Å²) in [7, 11) is 2.68. The van der Waals surface area contributed by atoms with Gasteiger partial charge in [0.15, 0.2) is 11.0 Å². The number of ether oxygens (including phenoxy) is 2. The quantitative estimate of drug-likeness (QED) is 0.278. The number of carbonyl (C=O) groups is 3. The number of thiazole rings is 1. The molecule has 2 aromatic heterocycles. The number of amides is 1. The summed E-state index contributed by atoms with van der Waals surface area (Å²) in [4.78, 5) is 50.7. The van der Waals surface area contributed by atoms with Crippen molar-refractivity contribution in [1.29, 1.82) is 0 Å². The zero-order valence-corrected chi connectivity index (χ0v) is 17.3. The summed E-state index contributed by atoms with van der Waals surface area (Å²) in [6.45, 7) is 0. The number of ketones is 1. The van der Waals surface area contributed by atoms with E-state index in [-0.39, 0.29) is 10.8 Å². The van der Waals surface area contributed by atoms with Crippen LogP contribution in [0.4, 0.5) is 5.13 Å². The van der Waals surface area contributed by atoms with Gasteiger partial charge in [0.1, 0.15) is 5.75 Å². The van der Waals surface area contributed by atoms with Crippen molar-refractivity contribution >= 4 is 55.4 Å². The Bertz CT molecular complexity index is 1320. The number of benzene rings is 2. The Hall–Kier alpha value is -3.92. The lowest BCUT2D eigenvalue weighted by molar-refractivity contribution is -0.148. The molecule has 2 aromatic carbocycles. The van der Waals surface area contributed by atoms with Gasteiger partial charge in [-0.05, 0) is 30.3 Å². The molecule has 0 aliphatic rings. The van der Waals surface area contributed by atoms with E-state index >= 15 is 0 Å². The van der Waals surface area contributed by atoms with Gasteiger partial charge in [0.05, 0.1) is 47.4 Å². The Labute approximate surface area is 180 Å². The molecule has 156 valence electrons. The second kappa shape index (κ2) is 8.44. The average molecular weight is 436 g/mol. The summed E-state index contributed by atoms with van der Waals surface area (Å²) in [5.74, 6) is -3.83. The molecular weight excluding hydrogens is 420 g/mol. The summed E-state index contributed by atoms with van der Waals surface area (Å²) < 4.78 is 10.7. The number of fused-ring (bicyclic) bond motifs is 2. The first-order chi connectivity index (χ1) is 15.0. The second-order valence-electron chi connectivity index (χ2n) is 6.41. The Balaban J connectivity index is 1.62. The molecule has 0 unspecified atom stereocenters. The molecule has 0 saturated carbocycles. The summed E-state index contributed by atoms with van der Waals surface area (Å²) in [6, 6.07) is 12.2. The van der Waals surface area contributed by atoms with Gasteiger partial charge in [-0.15, -0.1) is 0 Å². The molecular formula is C21H16N4O5S. The maximum absolute atomic E-state index is 12.9. The van der Waals surface area contributed by atoms with Crippen LogP contribution in [0.5, 0.6) is 5.75 Å². The third-order valence-corrected chi connectivity index (χ3v) is 5.44. The Morgan fingerprint density at radius 3 is 2.52 bits per heavy atom. The molecule has 0 spiro atoms. The molecule has 10 heteroatoms. The first kappa shape index (κ1) is 20.4. The van der Waals surface area contributed by atoms with E-state index in [1.54, 1.807) is 49.6 Å². The molecule has 4 aromatic rings. The molecule has 1 N–H and O–H groups in total. The lowest BCUT2D eigenvalue weighted by atomic mass is 9.99. The Morgan fingerprint density at radius 2 is 1.77 bits per heavy atom. The number of anilines is 1. The fourth-order valence-corrected chi connectivity index (χ4v) is 3.86. The van der Waals surface area contributed by atoms with Gasteiger partial charge in [0.25, 0.3) is 5.91 Å². The van der Waals surface area contributed by atoms with Crippen LogP contribution in [-0.2, 0) is 19.1 Å². The van der Waals surface area contributed by atoms with Gasteiger partial charge in [-0.25, -0.2) is 9.97 Å². The number of rotatable bonds is 6. The monoisotopic (exact) mass is 436 g/mol. The van der Waals surface area contributed by atoms with Gasteiger partial charge in [-0.1, -0.05) is 23.5 Å². The fourth-order valence-electron chi connectivity index (χ4n) is 2.97. The first-order valence-corrected chi connectivity index (χ1v) is 9.91. The largest absolute Gasteiger partial charge is 0.497 e. The molecule has 0 bridgehead atoms. The van der Waals surface area contributed by atoms with Crippen molar-refractivity contribution in [2.24, 2.45) is 0 Å². The first-order valence-electron chi connectivity index (χ1n) is 9.09. The van der Waals surface area contributed by atoms with E-state index in [0.29, 0.717) is 22.3 Å². The van der Waals surface area contributed by atoms with Crippen LogP contribution in [0.15, 0.2) is 48.7 Å².